The number of hydrogen-bond acceptors (Lipinski definition) is 1. The van der Waals surface area contributed by atoms with Gasteiger partial charge in [-0.1, -0.05) is 170 Å². The zero-order valence-corrected chi connectivity index (χ0v) is 30.2. The Morgan fingerprint density at radius 3 is 0.945 bits per heavy atom. The first-order valence-corrected chi connectivity index (χ1v) is 19.0. The molecule has 0 fully saturated rings. The van der Waals surface area contributed by atoms with Crippen LogP contribution in [0.25, 0.3) is 86.9 Å². The van der Waals surface area contributed by atoms with Crippen molar-refractivity contribution < 1.29 is 0 Å². The van der Waals surface area contributed by atoms with Crippen LogP contribution in [0, 0.1) is 0 Å². The van der Waals surface area contributed by atoms with Crippen molar-refractivity contribution in [2.45, 2.75) is 0 Å². The Bertz CT molecular complexity index is 2980. The molecule has 0 saturated carbocycles. The molecule has 11 aromatic carbocycles. The minimum absolute atomic E-state index is 1.11. The van der Waals surface area contributed by atoms with Crippen molar-refractivity contribution in [1.29, 1.82) is 0 Å². The van der Waals surface area contributed by atoms with E-state index in [-0.39, 0.29) is 0 Å². The van der Waals surface area contributed by atoms with Gasteiger partial charge in [0, 0.05) is 16.8 Å². The molecule has 55 heavy (non-hydrogen) atoms. The molecule has 0 saturated heterocycles. The SMILES string of the molecule is c1ccc2c(-c3ccc(N(c4ccc(-c5c6ccccc6cc6ccccc56)cc4)c4cc5ccccc5c5ccccc45)cc3)c3ccccc3cc2c1. The van der Waals surface area contributed by atoms with E-state index in [1.807, 2.05) is 0 Å². The third kappa shape index (κ3) is 5.16. The third-order valence-corrected chi connectivity index (χ3v) is 11.4. The first-order chi connectivity index (χ1) is 27.3. The maximum atomic E-state index is 2.44. The Labute approximate surface area is 320 Å². The van der Waals surface area contributed by atoms with Gasteiger partial charge in [0.2, 0.25) is 0 Å². The molecule has 0 radical (unpaired) electrons. The highest BCUT2D eigenvalue weighted by molar-refractivity contribution is 6.16. The van der Waals surface area contributed by atoms with Gasteiger partial charge in [0.15, 0.2) is 0 Å². The van der Waals surface area contributed by atoms with E-state index < -0.39 is 0 Å². The Morgan fingerprint density at radius 1 is 0.236 bits per heavy atom. The van der Waals surface area contributed by atoms with Gasteiger partial charge < -0.3 is 4.90 Å². The van der Waals surface area contributed by atoms with Gasteiger partial charge >= 0.3 is 0 Å². The van der Waals surface area contributed by atoms with Crippen LogP contribution in [0.3, 0.4) is 0 Å². The normalized spacial score (nSPS) is 11.6. The second-order valence-corrected chi connectivity index (χ2v) is 14.5. The summed E-state index contributed by atoms with van der Waals surface area (Å²) in [6, 6.07) is 77.9. The lowest BCUT2D eigenvalue weighted by Crippen LogP contribution is -2.10. The molecule has 256 valence electrons. The van der Waals surface area contributed by atoms with E-state index in [0.717, 1.165) is 17.1 Å². The van der Waals surface area contributed by atoms with E-state index in [0.29, 0.717) is 0 Å². The molecule has 0 spiro atoms. The first-order valence-electron chi connectivity index (χ1n) is 19.0. The van der Waals surface area contributed by atoms with E-state index >= 15 is 0 Å². The molecule has 11 rings (SSSR count). The molecule has 1 heteroatoms. The smallest absolute Gasteiger partial charge is 0.0546 e. The van der Waals surface area contributed by atoms with Crippen molar-refractivity contribution in [3.8, 4) is 22.3 Å². The van der Waals surface area contributed by atoms with Gasteiger partial charge in [-0.15, -0.1) is 0 Å². The lowest BCUT2D eigenvalue weighted by Gasteiger charge is -2.28. The zero-order chi connectivity index (χ0) is 36.3. The molecule has 1 nitrogen and oxygen atoms in total. The predicted molar refractivity (Wildman–Crippen MR) is 237 cm³/mol. The summed E-state index contributed by atoms with van der Waals surface area (Å²) in [7, 11) is 0. The van der Waals surface area contributed by atoms with Gasteiger partial charge in [0.25, 0.3) is 0 Å². The van der Waals surface area contributed by atoms with Crippen LogP contribution in [-0.4, -0.2) is 0 Å². The first kappa shape index (κ1) is 31.3. The van der Waals surface area contributed by atoms with Crippen LogP contribution in [0.1, 0.15) is 0 Å². The molecule has 0 bridgehead atoms. The third-order valence-electron chi connectivity index (χ3n) is 11.4. The van der Waals surface area contributed by atoms with E-state index in [1.54, 1.807) is 0 Å². The van der Waals surface area contributed by atoms with Gasteiger partial charge in [0.1, 0.15) is 0 Å². The summed E-state index contributed by atoms with van der Waals surface area (Å²) in [5.74, 6) is 0. The largest absolute Gasteiger partial charge is 0.310 e. The van der Waals surface area contributed by atoms with Crippen molar-refractivity contribution in [2.24, 2.45) is 0 Å². The summed E-state index contributed by atoms with van der Waals surface area (Å²) < 4.78 is 0. The van der Waals surface area contributed by atoms with Gasteiger partial charge in [0.05, 0.1) is 5.69 Å². The van der Waals surface area contributed by atoms with Crippen LogP contribution >= 0.6 is 0 Å². The fourth-order valence-corrected chi connectivity index (χ4v) is 8.85. The molecule has 11 aromatic rings. The van der Waals surface area contributed by atoms with Gasteiger partial charge in [-0.25, -0.2) is 0 Å². The standard InChI is InChI=1S/C54H35N/c1-6-18-45-42(17-1)35-52(51-24-12-11-23-50(45)51)55(43-29-25-36(26-30-43)53-46-19-7-2-13-38(46)33-39-14-3-8-20-47(39)53)44-31-27-37(28-32-44)54-48-21-9-4-15-40(48)34-41-16-5-10-22-49(41)54/h1-35H. The minimum Gasteiger partial charge on any atom is -0.310 e. The summed E-state index contributed by atoms with van der Waals surface area (Å²) in [5, 5.41) is 15.0. The van der Waals surface area contributed by atoms with E-state index in [1.165, 1.54) is 86.9 Å². The van der Waals surface area contributed by atoms with Crippen molar-refractivity contribution >= 4 is 81.7 Å². The number of fused-ring (bicyclic) bond motifs is 7. The number of nitrogens with zero attached hydrogens (tertiary/aromatic N) is 1. The van der Waals surface area contributed by atoms with Crippen molar-refractivity contribution in [2.75, 3.05) is 4.90 Å². The van der Waals surface area contributed by atoms with Crippen LogP contribution in [-0.2, 0) is 0 Å². The summed E-state index contributed by atoms with van der Waals surface area (Å²) in [6.45, 7) is 0. The molecule has 0 N–H and O–H groups in total. The number of benzene rings is 11. The monoisotopic (exact) mass is 697 g/mol. The Morgan fingerprint density at radius 2 is 0.545 bits per heavy atom. The van der Waals surface area contributed by atoms with Gasteiger partial charge in [-0.05, 0) is 124 Å². The molecule has 0 amide bonds. The number of anilines is 3. The summed E-state index contributed by atoms with van der Waals surface area (Å²) in [6.07, 6.45) is 0. The van der Waals surface area contributed by atoms with Gasteiger partial charge in [-0.2, -0.15) is 0 Å². The summed E-state index contributed by atoms with van der Waals surface area (Å²) >= 11 is 0. The quantitative estimate of drug-likeness (QED) is 0.128. The van der Waals surface area contributed by atoms with E-state index in [9.17, 15) is 0 Å². The highest BCUT2D eigenvalue weighted by Gasteiger charge is 2.19. The molecule has 0 aromatic heterocycles. The minimum atomic E-state index is 1.11. The highest BCUT2D eigenvalue weighted by Crippen LogP contribution is 2.45. The van der Waals surface area contributed by atoms with Crippen molar-refractivity contribution in [1.82, 2.24) is 0 Å². The molecule has 0 atom stereocenters. The number of hydrogen-bond donors (Lipinski definition) is 0. The molecular weight excluding hydrogens is 663 g/mol. The second-order valence-electron chi connectivity index (χ2n) is 14.5. The van der Waals surface area contributed by atoms with Crippen LogP contribution in [0.2, 0.25) is 0 Å². The summed E-state index contributed by atoms with van der Waals surface area (Å²) in [5.41, 5.74) is 8.33. The molecule has 0 aliphatic carbocycles. The molecule has 0 heterocycles. The van der Waals surface area contributed by atoms with Crippen LogP contribution in [0.5, 0.6) is 0 Å². The average molecular weight is 698 g/mol. The maximum Gasteiger partial charge on any atom is 0.0546 e. The van der Waals surface area contributed by atoms with Gasteiger partial charge in [-0.3, -0.25) is 0 Å². The molecule has 0 unspecified atom stereocenters. The highest BCUT2D eigenvalue weighted by atomic mass is 15.1. The lowest BCUT2D eigenvalue weighted by molar-refractivity contribution is 1.30. The number of rotatable bonds is 5. The molecule has 0 aliphatic rings. The molecular formula is C54H35N. The lowest BCUT2D eigenvalue weighted by atomic mass is 9.91. The summed E-state index contributed by atoms with van der Waals surface area (Å²) in [4.78, 5) is 2.44. The van der Waals surface area contributed by atoms with Crippen LogP contribution in [0.15, 0.2) is 212 Å². The van der Waals surface area contributed by atoms with Crippen molar-refractivity contribution in [3.05, 3.63) is 212 Å². The Balaban J connectivity index is 1.12. The average Bonchev–Trinajstić information content (AvgIpc) is 3.25. The van der Waals surface area contributed by atoms with Crippen molar-refractivity contribution in [3.63, 3.8) is 0 Å². The Hall–Kier alpha value is -7.22. The topological polar surface area (TPSA) is 3.24 Å². The predicted octanol–water partition coefficient (Wildman–Crippen LogP) is 15.4. The molecule has 0 aliphatic heterocycles. The van der Waals surface area contributed by atoms with Crippen LogP contribution < -0.4 is 4.90 Å². The van der Waals surface area contributed by atoms with E-state index in [4.69, 9.17) is 0 Å². The van der Waals surface area contributed by atoms with E-state index in [2.05, 4.69) is 217 Å². The fourth-order valence-electron chi connectivity index (χ4n) is 8.85. The zero-order valence-electron chi connectivity index (χ0n) is 30.2. The van der Waals surface area contributed by atoms with Crippen LogP contribution in [0.4, 0.5) is 17.1 Å². The maximum absolute atomic E-state index is 2.44. The second kappa shape index (κ2) is 12.7. The fraction of sp³-hybridized carbons (Fsp3) is 0. The Kier molecular flexibility index (Phi) is 7.25.